The topological polar surface area (TPSA) is 73.9 Å². The maximum Gasteiger partial charge on any atom is 0.408 e. The van der Waals surface area contributed by atoms with Crippen molar-refractivity contribution in [3.8, 4) is 0 Å². The Hall–Kier alpha value is -2.90. The molecule has 1 amide bonds. The van der Waals surface area contributed by atoms with Crippen molar-refractivity contribution >= 4 is 39.0 Å². The van der Waals surface area contributed by atoms with Gasteiger partial charge in [0, 0.05) is 43.6 Å². The number of aromatic nitrogens is 2. The summed E-state index contributed by atoms with van der Waals surface area (Å²) in [6.07, 6.45) is -5.14. The highest BCUT2D eigenvalue weighted by Crippen LogP contribution is 2.50. The maximum atomic E-state index is 14.5. The lowest BCUT2D eigenvalue weighted by Crippen LogP contribution is -2.51. The number of alkyl halides is 5. The average molecular weight is 584 g/mol. The molecule has 0 bridgehead atoms. The molecule has 2 fully saturated rings. The van der Waals surface area contributed by atoms with Crippen LogP contribution < -0.4 is 5.32 Å². The van der Waals surface area contributed by atoms with Crippen LogP contribution in [-0.4, -0.2) is 70.7 Å². The molecule has 2 atom stereocenters. The van der Waals surface area contributed by atoms with Crippen molar-refractivity contribution in [1.29, 1.82) is 0 Å². The fourth-order valence-electron chi connectivity index (χ4n) is 5.70. The molecule has 2 aromatic heterocycles. The SMILES string of the molecule is CC(=O)N1CCC(C2(N(C)[C@@H](c3ccc(Nc4cnc5sc(C)nc5c4CC(F)F)cc3)C(F)(F)F)CO2)CC1. The molecule has 1 N–H and O–H groups in total. The van der Waals surface area contributed by atoms with Crippen LogP contribution in [0.5, 0.6) is 0 Å². The highest BCUT2D eigenvalue weighted by atomic mass is 32.1. The molecule has 2 saturated heterocycles. The molecule has 5 rings (SSSR count). The number of anilines is 2. The lowest BCUT2D eigenvalue weighted by Gasteiger charge is -2.41. The molecule has 13 heteroatoms. The van der Waals surface area contributed by atoms with Crippen LogP contribution in [-0.2, 0) is 16.0 Å². The van der Waals surface area contributed by atoms with Gasteiger partial charge in [0.15, 0.2) is 0 Å². The van der Waals surface area contributed by atoms with E-state index in [0.717, 1.165) is 0 Å². The lowest BCUT2D eigenvalue weighted by molar-refractivity contribution is -0.203. The molecule has 1 unspecified atom stereocenters. The minimum Gasteiger partial charge on any atom is -0.354 e. The molecule has 4 heterocycles. The molecular weight excluding hydrogens is 553 g/mol. The van der Waals surface area contributed by atoms with Crippen LogP contribution in [0.4, 0.5) is 33.3 Å². The summed E-state index contributed by atoms with van der Waals surface area (Å²) >= 11 is 1.30. The molecule has 3 aromatic rings. The second-order valence-corrected chi connectivity index (χ2v) is 11.5. The van der Waals surface area contributed by atoms with Crippen LogP contribution in [0, 0.1) is 12.8 Å². The number of amides is 1. The van der Waals surface area contributed by atoms with Gasteiger partial charge in [-0.2, -0.15) is 13.2 Å². The van der Waals surface area contributed by atoms with Crippen molar-refractivity contribution < 1.29 is 31.5 Å². The molecule has 40 heavy (non-hydrogen) atoms. The number of likely N-dealkylation sites (tertiary alicyclic amines) is 1. The Balaban J connectivity index is 1.37. The zero-order chi connectivity index (χ0) is 28.8. The first-order chi connectivity index (χ1) is 18.9. The molecule has 0 saturated carbocycles. The fraction of sp³-hybridized carbons (Fsp3) is 0.519. The van der Waals surface area contributed by atoms with Gasteiger partial charge in [-0.3, -0.25) is 9.69 Å². The van der Waals surface area contributed by atoms with E-state index in [-0.39, 0.29) is 24.0 Å². The Bertz CT molecular complexity index is 1370. The third kappa shape index (κ3) is 5.64. The van der Waals surface area contributed by atoms with Gasteiger partial charge in [-0.1, -0.05) is 23.5 Å². The number of piperidine rings is 1. The molecular formula is C27H30F5N5O2S. The minimum absolute atomic E-state index is 0.0353. The first kappa shape index (κ1) is 28.6. The van der Waals surface area contributed by atoms with Crippen molar-refractivity contribution in [1.82, 2.24) is 19.8 Å². The Morgan fingerprint density at radius 1 is 1.25 bits per heavy atom. The Morgan fingerprint density at radius 3 is 2.45 bits per heavy atom. The number of thiazole rings is 1. The van der Waals surface area contributed by atoms with E-state index in [2.05, 4.69) is 15.3 Å². The van der Waals surface area contributed by atoms with Gasteiger partial charge >= 0.3 is 6.18 Å². The number of halogens is 5. The summed E-state index contributed by atoms with van der Waals surface area (Å²) in [6.45, 7) is 4.43. The first-order valence-electron chi connectivity index (χ1n) is 13.0. The van der Waals surface area contributed by atoms with Crippen LogP contribution in [0.15, 0.2) is 30.5 Å². The summed E-state index contributed by atoms with van der Waals surface area (Å²) < 4.78 is 75.9. The van der Waals surface area contributed by atoms with Gasteiger partial charge in [-0.25, -0.2) is 18.7 Å². The number of hydrogen-bond acceptors (Lipinski definition) is 7. The number of hydrogen-bond donors (Lipinski definition) is 1. The summed E-state index contributed by atoms with van der Waals surface area (Å²) in [7, 11) is 1.43. The van der Waals surface area contributed by atoms with Crippen LogP contribution >= 0.6 is 11.3 Å². The summed E-state index contributed by atoms with van der Waals surface area (Å²) in [5, 5.41) is 3.74. The van der Waals surface area contributed by atoms with Gasteiger partial charge in [-0.05, 0) is 44.5 Å². The van der Waals surface area contributed by atoms with E-state index < -0.39 is 30.8 Å². The highest BCUT2D eigenvalue weighted by Gasteiger charge is 2.61. The average Bonchev–Trinajstić information content (AvgIpc) is 3.61. The molecule has 0 radical (unpaired) electrons. The van der Waals surface area contributed by atoms with Gasteiger partial charge in [-0.15, -0.1) is 0 Å². The molecule has 1 aromatic carbocycles. The number of fused-ring (bicyclic) bond motifs is 1. The van der Waals surface area contributed by atoms with Crippen molar-refractivity contribution in [3.05, 3.63) is 46.6 Å². The molecule has 0 spiro atoms. The number of benzene rings is 1. The Kier molecular flexibility index (Phi) is 7.75. The van der Waals surface area contributed by atoms with E-state index in [1.807, 2.05) is 0 Å². The quantitative estimate of drug-likeness (QED) is 0.256. The van der Waals surface area contributed by atoms with E-state index in [4.69, 9.17) is 4.74 Å². The summed E-state index contributed by atoms with van der Waals surface area (Å²) in [4.78, 5) is 23.9. The number of pyridine rings is 1. The smallest absolute Gasteiger partial charge is 0.354 e. The predicted octanol–water partition coefficient (Wildman–Crippen LogP) is 6.07. The number of aryl methyl sites for hydroxylation is 1. The van der Waals surface area contributed by atoms with Crippen molar-refractivity contribution in [3.63, 3.8) is 0 Å². The van der Waals surface area contributed by atoms with Gasteiger partial charge < -0.3 is 15.0 Å². The molecule has 2 aliphatic rings. The fourth-order valence-corrected chi connectivity index (χ4v) is 6.49. The number of epoxide rings is 1. The van der Waals surface area contributed by atoms with Gasteiger partial charge in [0.25, 0.3) is 0 Å². The number of nitrogens with one attached hydrogen (secondary N) is 1. The molecule has 7 nitrogen and oxygen atoms in total. The zero-order valence-electron chi connectivity index (χ0n) is 22.3. The summed E-state index contributed by atoms with van der Waals surface area (Å²) in [5.74, 6) is -0.179. The minimum atomic E-state index is -4.58. The number of likely N-dealkylation sites (N-methyl/N-ethyl adjacent to an activating group) is 1. The van der Waals surface area contributed by atoms with Gasteiger partial charge in [0.2, 0.25) is 12.3 Å². The number of nitrogens with zero attached hydrogens (tertiary/aromatic N) is 4. The zero-order valence-corrected chi connectivity index (χ0v) is 23.1. The standard InChI is InChI=1S/C27H30F5N5O2S/c1-15-34-23-20(12-22(28)29)21(13-33-25(23)40-15)35-19-6-4-17(5-7-19)24(27(30,31)32)36(3)26(14-39-26)18-8-10-37(11-9-18)16(2)38/h4-7,13,18,22,24,35H,8-12,14H2,1-3H3/t24-,26?/m0/s1. The summed E-state index contributed by atoms with van der Waals surface area (Å²) in [5.41, 5.74) is 0.462. The molecule has 0 aliphatic carbocycles. The van der Waals surface area contributed by atoms with Crippen LogP contribution in [0.25, 0.3) is 10.3 Å². The van der Waals surface area contributed by atoms with E-state index in [1.54, 1.807) is 11.8 Å². The summed E-state index contributed by atoms with van der Waals surface area (Å²) in [6, 6.07) is 3.85. The molecule has 216 valence electrons. The second-order valence-electron chi connectivity index (χ2n) is 10.3. The third-order valence-electron chi connectivity index (χ3n) is 7.81. The highest BCUT2D eigenvalue weighted by molar-refractivity contribution is 7.18. The van der Waals surface area contributed by atoms with Crippen LogP contribution in [0.1, 0.15) is 41.9 Å². The van der Waals surface area contributed by atoms with E-state index in [0.29, 0.717) is 58.2 Å². The lowest BCUT2D eigenvalue weighted by atomic mass is 9.87. The number of rotatable bonds is 8. The third-order valence-corrected chi connectivity index (χ3v) is 8.69. The van der Waals surface area contributed by atoms with Crippen molar-refractivity contribution in [2.75, 3.05) is 32.1 Å². The first-order valence-corrected chi connectivity index (χ1v) is 13.8. The monoisotopic (exact) mass is 583 g/mol. The van der Waals surface area contributed by atoms with Gasteiger partial charge in [0.05, 0.1) is 23.5 Å². The predicted molar refractivity (Wildman–Crippen MR) is 142 cm³/mol. The Morgan fingerprint density at radius 2 is 1.90 bits per heavy atom. The maximum absolute atomic E-state index is 14.5. The van der Waals surface area contributed by atoms with Crippen molar-refractivity contribution in [2.24, 2.45) is 5.92 Å². The van der Waals surface area contributed by atoms with Crippen LogP contribution in [0.3, 0.4) is 0 Å². The van der Waals surface area contributed by atoms with Gasteiger partial charge in [0.1, 0.15) is 22.1 Å². The van der Waals surface area contributed by atoms with Crippen LogP contribution in [0.2, 0.25) is 0 Å². The Labute approximate surface area is 232 Å². The van der Waals surface area contributed by atoms with Crippen molar-refractivity contribution in [2.45, 2.75) is 57.5 Å². The number of carbonyl (C=O) groups excluding carboxylic acids is 1. The normalized spacial score (nSPS) is 20.9. The van der Waals surface area contributed by atoms with E-state index >= 15 is 0 Å². The second kappa shape index (κ2) is 10.8. The van der Waals surface area contributed by atoms with E-state index in [9.17, 15) is 26.7 Å². The number of carbonyl (C=O) groups is 1. The van der Waals surface area contributed by atoms with E-state index in [1.165, 1.54) is 60.7 Å². The number of ether oxygens (including phenoxy) is 1. The largest absolute Gasteiger partial charge is 0.408 e. The molecule has 2 aliphatic heterocycles.